The summed E-state index contributed by atoms with van der Waals surface area (Å²) in [7, 11) is 0. The van der Waals surface area contributed by atoms with Crippen molar-refractivity contribution >= 4 is 5.78 Å². The zero-order valence-electron chi connectivity index (χ0n) is 17.1. The zero-order valence-corrected chi connectivity index (χ0v) is 17.1. The summed E-state index contributed by atoms with van der Waals surface area (Å²) in [5, 5.41) is 14.6. The number of carbonyl (C=O) groups excluding carboxylic acids is 1. The van der Waals surface area contributed by atoms with Crippen molar-refractivity contribution in [1.29, 1.82) is 5.26 Å². The summed E-state index contributed by atoms with van der Waals surface area (Å²) in [6.45, 7) is 7.94. The molecule has 1 aromatic heterocycles. The summed E-state index contributed by atoms with van der Waals surface area (Å²) in [5.41, 5.74) is 10.2. The Kier molecular flexibility index (Phi) is 4.34. The minimum absolute atomic E-state index is 0.00719. The molecule has 2 aromatic rings. The molecule has 0 saturated carbocycles. The molecule has 2 heterocycles. The topological polar surface area (TPSA) is 93.9 Å². The Morgan fingerprint density at radius 3 is 2.59 bits per heavy atom. The van der Waals surface area contributed by atoms with Gasteiger partial charge in [-0.3, -0.25) is 4.79 Å². The number of benzene rings is 1. The van der Waals surface area contributed by atoms with Gasteiger partial charge in [0.25, 0.3) is 0 Å². The highest BCUT2D eigenvalue weighted by Gasteiger charge is 2.44. The van der Waals surface area contributed by atoms with Gasteiger partial charge < -0.3 is 10.5 Å². The number of nitrogens with zero attached hydrogens (tertiary/aromatic N) is 3. The van der Waals surface area contributed by atoms with Gasteiger partial charge in [-0.2, -0.15) is 10.4 Å². The maximum Gasteiger partial charge on any atom is 0.205 e. The SMILES string of the molecule is Cc1nn(-c2ccccc2)c(C)c1[C@H]1C(C#N)=C(N)OC2=C1C(=O)CC(C)(C)C2. The number of aromatic nitrogens is 2. The Morgan fingerprint density at radius 1 is 1.24 bits per heavy atom. The summed E-state index contributed by atoms with van der Waals surface area (Å²) in [6, 6.07) is 12.0. The fourth-order valence-electron chi connectivity index (χ4n) is 4.47. The standard InChI is InChI=1S/C23H24N4O2/c1-13-19(14(2)27(26-13)15-8-6-5-7-9-15)20-16(12-24)22(25)29-18-11-23(3,4)10-17(28)21(18)20/h5-9,20H,10-11,25H2,1-4H3/t20-/m1/s1. The lowest BCUT2D eigenvalue weighted by atomic mass is 9.70. The molecule has 0 unspecified atom stereocenters. The first-order valence-electron chi connectivity index (χ1n) is 9.69. The Bertz CT molecular complexity index is 1110. The van der Waals surface area contributed by atoms with E-state index in [1.165, 1.54) is 0 Å². The fourth-order valence-corrected chi connectivity index (χ4v) is 4.47. The van der Waals surface area contributed by atoms with Gasteiger partial charge in [-0.1, -0.05) is 32.0 Å². The predicted molar refractivity (Wildman–Crippen MR) is 109 cm³/mol. The molecule has 1 aliphatic carbocycles. The molecule has 1 atom stereocenters. The van der Waals surface area contributed by atoms with Crippen molar-refractivity contribution in [2.75, 3.05) is 0 Å². The Labute approximate surface area is 170 Å². The van der Waals surface area contributed by atoms with E-state index in [0.717, 1.165) is 22.6 Å². The average Bonchev–Trinajstić information content (AvgIpc) is 2.94. The van der Waals surface area contributed by atoms with Gasteiger partial charge in [0.05, 0.1) is 17.3 Å². The molecule has 1 aromatic carbocycles. The van der Waals surface area contributed by atoms with Crippen molar-refractivity contribution in [3.8, 4) is 11.8 Å². The monoisotopic (exact) mass is 388 g/mol. The van der Waals surface area contributed by atoms with Gasteiger partial charge in [-0.15, -0.1) is 0 Å². The van der Waals surface area contributed by atoms with E-state index in [-0.39, 0.29) is 22.7 Å². The molecule has 0 bridgehead atoms. The van der Waals surface area contributed by atoms with Crippen LogP contribution >= 0.6 is 0 Å². The Balaban J connectivity index is 1.94. The number of ether oxygens (including phenoxy) is 1. The summed E-state index contributed by atoms with van der Waals surface area (Å²) in [4.78, 5) is 13.2. The molecular weight excluding hydrogens is 364 g/mol. The lowest BCUT2D eigenvalue weighted by Gasteiger charge is -2.37. The van der Waals surface area contributed by atoms with Crippen LogP contribution in [0.5, 0.6) is 0 Å². The van der Waals surface area contributed by atoms with E-state index in [2.05, 4.69) is 6.07 Å². The molecule has 0 fully saturated rings. The third-order valence-corrected chi connectivity index (χ3v) is 5.71. The molecule has 4 rings (SSSR count). The van der Waals surface area contributed by atoms with Crippen molar-refractivity contribution in [2.24, 2.45) is 11.1 Å². The van der Waals surface area contributed by atoms with Gasteiger partial charge in [0.15, 0.2) is 5.78 Å². The number of hydrogen-bond donors (Lipinski definition) is 1. The van der Waals surface area contributed by atoms with Crippen molar-refractivity contribution in [3.63, 3.8) is 0 Å². The summed E-state index contributed by atoms with van der Waals surface area (Å²) < 4.78 is 7.64. The second-order valence-corrected chi connectivity index (χ2v) is 8.53. The molecule has 29 heavy (non-hydrogen) atoms. The highest BCUT2D eigenvalue weighted by atomic mass is 16.5. The number of ketones is 1. The molecule has 6 heteroatoms. The summed E-state index contributed by atoms with van der Waals surface area (Å²) in [6.07, 6.45) is 1.02. The number of nitrogens with two attached hydrogens (primary N) is 1. The Hall–Kier alpha value is -3.33. The lowest BCUT2D eigenvalue weighted by Crippen LogP contribution is -2.33. The van der Waals surface area contributed by atoms with E-state index in [1.807, 2.05) is 62.7 Å². The van der Waals surface area contributed by atoms with Crippen LogP contribution in [-0.2, 0) is 9.53 Å². The minimum Gasteiger partial charge on any atom is -0.444 e. The summed E-state index contributed by atoms with van der Waals surface area (Å²) in [5.74, 6) is 0.115. The normalized spacial score (nSPS) is 20.9. The minimum atomic E-state index is -0.551. The maximum absolute atomic E-state index is 13.2. The van der Waals surface area contributed by atoms with Crippen LogP contribution in [0.15, 0.2) is 53.1 Å². The van der Waals surface area contributed by atoms with Crippen LogP contribution < -0.4 is 5.73 Å². The molecule has 0 amide bonds. The smallest absolute Gasteiger partial charge is 0.205 e. The maximum atomic E-state index is 13.2. The van der Waals surface area contributed by atoms with Crippen LogP contribution in [0.2, 0.25) is 0 Å². The largest absolute Gasteiger partial charge is 0.444 e. The third-order valence-electron chi connectivity index (χ3n) is 5.71. The number of Topliss-reactive ketones (excluding diaryl/α,β-unsaturated/α-hetero) is 1. The van der Waals surface area contributed by atoms with E-state index in [1.54, 1.807) is 0 Å². The van der Waals surface area contributed by atoms with Crippen molar-refractivity contribution in [3.05, 3.63) is 70.1 Å². The van der Waals surface area contributed by atoms with E-state index >= 15 is 0 Å². The number of rotatable bonds is 2. The fraction of sp³-hybridized carbons (Fsp3) is 0.348. The highest BCUT2D eigenvalue weighted by Crippen LogP contribution is 2.49. The van der Waals surface area contributed by atoms with E-state index in [4.69, 9.17) is 15.6 Å². The zero-order chi connectivity index (χ0) is 20.9. The lowest BCUT2D eigenvalue weighted by molar-refractivity contribution is -0.119. The first-order valence-corrected chi connectivity index (χ1v) is 9.69. The average molecular weight is 388 g/mol. The van der Waals surface area contributed by atoms with Crippen LogP contribution in [0.1, 0.15) is 49.6 Å². The number of aryl methyl sites for hydroxylation is 1. The van der Waals surface area contributed by atoms with Gasteiger partial charge in [-0.05, 0) is 31.4 Å². The van der Waals surface area contributed by atoms with Gasteiger partial charge in [0.2, 0.25) is 5.88 Å². The van der Waals surface area contributed by atoms with Crippen LogP contribution in [0.4, 0.5) is 0 Å². The number of nitriles is 1. The first kappa shape index (κ1) is 19.0. The number of allylic oxidation sites excluding steroid dienone is 3. The second-order valence-electron chi connectivity index (χ2n) is 8.53. The van der Waals surface area contributed by atoms with Crippen LogP contribution in [0.3, 0.4) is 0 Å². The third kappa shape index (κ3) is 3.03. The quantitative estimate of drug-likeness (QED) is 0.841. The second kappa shape index (κ2) is 6.63. The number of para-hydroxylation sites is 1. The van der Waals surface area contributed by atoms with Crippen LogP contribution in [0.25, 0.3) is 5.69 Å². The highest BCUT2D eigenvalue weighted by molar-refractivity contribution is 6.00. The van der Waals surface area contributed by atoms with Gasteiger partial charge >= 0.3 is 0 Å². The van der Waals surface area contributed by atoms with Crippen molar-refractivity contribution < 1.29 is 9.53 Å². The first-order chi connectivity index (χ1) is 13.7. The number of hydrogen-bond acceptors (Lipinski definition) is 5. The van der Waals surface area contributed by atoms with Crippen molar-refractivity contribution in [2.45, 2.75) is 46.5 Å². The summed E-state index contributed by atoms with van der Waals surface area (Å²) >= 11 is 0. The van der Waals surface area contributed by atoms with E-state index in [9.17, 15) is 10.1 Å². The predicted octanol–water partition coefficient (Wildman–Crippen LogP) is 3.94. The van der Waals surface area contributed by atoms with Gasteiger partial charge in [0.1, 0.15) is 17.4 Å². The Morgan fingerprint density at radius 2 is 1.93 bits per heavy atom. The molecule has 2 N–H and O–H groups in total. The van der Waals surface area contributed by atoms with E-state index in [0.29, 0.717) is 24.2 Å². The van der Waals surface area contributed by atoms with Crippen molar-refractivity contribution in [1.82, 2.24) is 9.78 Å². The molecule has 0 radical (unpaired) electrons. The molecule has 0 saturated heterocycles. The molecular formula is C23H24N4O2. The van der Waals surface area contributed by atoms with E-state index < -0.39 is 5.92 Å². The molecule has 1 aliphatic heterocycles. The molecule has 2 aliphatic rings. The number of carbonyl (C=O) groups is 1. The van der Waals surface area contributed by atoms with Crippen LogP contribution in [-0.4, -0.2) is 15.6 Å². The molecule has 0 spiro atoms. The molecule has 6 nitrogen and oxygen atoms in total. The van der Waals surface area contributed by atoms with Crippen LogP contribution in [0, 0.1) is 30.6 Å². The van der Waals surface area contributed by atoms with Gasteiger partial charge in [0, 0.05) is 29.7 Å². The van der Waals surface area contributed by atoms with Gasteiger partial charge in [-0.25, -0.2) is 4.68 Å². The molecule has 148 valence electrons.